The third-order valence-electron chi connectivity index (χ3n) is 2.52. The van der Waals surface area contributed by atoms with E-state index in [2.05, 4.69) is 10.6 Å². The van der Waals surface area contributed by atoms with Crippen molar-refractivity contribution in [1.82, 2.24) is 10.6 Å². The Balaban J connectivity index is 2.18. The molecule has 1 heterocycles. The van der Waals surface area contributed by atoms with Crippen molar-refractivity contribution in [2.24, 2.45) is 0 Å². The fourth-order valence-electron chi connectivity index (χ4n) is 1.86. The van der Waals surface area contributed by atoms with Crippen molar-refractivity contribution in [2.75, 3.05) is 19.7 Å². The van der Waals surface area contributed by atoms with Gasteiger partial charge in [0.2, 0.25) is 5.91 Å². The summed E-state index contributed by atoms with van der Waals surface area (Å²) in [6, 6.07) is 0.00375. The van der Waals surface area contributed by atoms with E-state index in [1.54, 1.807) is 6.92 Å². The van der Waals surface area contributed by atoms with E-state index >= 15 is 0 Å². The molecule has 0 saturated carbocycles. The van der Waals surface area contributed by atoms with Crippen LogP contribution in [0.2, 0.25) is 0 Å². The molecule has 0 spiro atoms. The molecule has 0 bridgehead atoms. The highest BCUT2D eigenvalue weighted by Crippen LogP contribution is 2.03. The lowest BCUT2D eigenvalue weighted by molar-refractivity contribution is -0.125. The lowest BCUT2D eigenvalue weighted by Gasteiger charge is -2.24. The Kier molecular flexibility index (Phi) is 5.73. The van der Waals surface area contributed by atoms with Crippen LogP contribution in [0.25, 0.3) is 0 Å². The molecular weight excluding hydrogens is 208 g/mol. The molecular formula is C11H22N2O3. The van der Waals surface area contributed by atoms with Gasteiger partial charge in [0.05, 0.1) is 25.2 Å². The number of rotatable bonds is 5. The third-order valence-corrected chi connectivity index (χ3v) is 2.52. The topological polar surface area (TPSA) is 70.6 Å². The monoisotopic (exact) mass is 230 g/mol. The van der Waals surface area contributed by atoms with Crippen LogP contribution in [0.3, 0.4) is 0 Å². The van der Waals surface area contributed by atoms with E-state index < -0.39 is 0 Å². The van der Waals surface area contributed by atoms with Gasteiger partial charge in [-0.15, -0.1) is 0 Å². The summed E-state index contributed by atoms with van der Waals surface area (Å²) in [4.78, 5) is 11.6. The van der Waals surface area contributed by atoms with Gasteiger partial charge >= 0.3 is 0 Å². The minimum Gasteiger partial charge on any atom is -0.393 e. The normalized spacial score (nSPS) is 24.8. The predicted molar refractivity (Wildman–Crippen MR) is 61.1 cm³/mol. The molecule has 5 nitrogen and oxygen atoms in total. The van der Waals surface area contributed by atoms with Gasteiger partial charge in [-0.2, -0.15) is 0 Å². The van der Waals surface area contributed by atoms with Crippen molar-refractivity contribution in [3.63, 3.8) is 0 Å². The van der Waals surface area contributed by atoms with Gasteiger partial charge in [-0.1, -0.05) is 0 Å². The van der Waals surface area contributed by atoms with E-state index in [0.29, 0.717) is 19.4 Å². The SMILES string of the molecule is CC(O)CC(C)NC(=O)CC1CNCCO1. The molecule has 1 amide bonds. The zero-order chi connectivity index (χ0) is 12.0. The molecule has 0 aromatic rings. The Bertz CT molecular complexity index is 215. The maximum atomic E-state index is 11.6. The largest absolute Gasteiger partial charge is 0.393 e. The highest BCUT2D eigenvalue weighted by molar-refractivity contribution is 5.76. The van der Waals surface area contributed by atoms with Gasteiger partial charge in [0.15, 0.2) is 0 Å². The van der Waals surface area contributed by atoms with Crippen molar-refractivity contribution in [2.45, 2.75) is 44.9 Å². The maximum absolute atomic E-state index is 11.6. The minimum absolute atomic E-state index is 0.00375. The lowest BCUT2D eigenvalue weighted by atomic mass is 10.1. The molecule has 1 aliphatic heterocycles. The maximum Gasteiger partial charge on any atom is 0.222 e. The first kappa shape index (κ1) is 13.4. The molecule has 94 valence electrons. The molecule has 3 N–H and O–H groups in total. The number of ether oxygens (including phenoxy) is 1. The number of carbonyl (C=O) groups excluding carboxylic acids is 1. The summed E-state index contributed by atoms with van der Waals surface area (Å²) in [5.41, 5.74) is 0. The zero-order valence-corrected chi connectivity index (χ0v) is 10.0. The molecule has 5 heteroatoms. The van der Waals surface area contributed by atoms with E-state index in [0.717, 1.165) is 13.1 Å². The fraction of sp³-hybridized carbons (Fsp3) is 0.909. The van der Waals surface area contributed by atoms with Crippen molar-refractivity contribution in [3.05, 3.63) is 0 Å². The molecule has 1 rings (SSSR count). The van der Waals surface area contributed by atoms with Crippen molar-refractivity contribution < 1.29 is 14.6 Å². The number of aliphatic hydroxyl groups is 1. The Morgan fingerprint density at radius 3 is 2.94 bits per heavy atom. The molecule has 1 fully saturated rings. The fourth-order valence-corrected chi connectivity index (χ4v) is 1.86. The first-order valence-electron chi connectivity index (χ1n) is 5.87. The Morgan fingerprint density at radius 1 is 1.62 bits per heavy atom. The van der Waals surface area contributed by atoms with Crippen LogP contribution in [0.1, 0.15) is 26.7 Å². The van der Waals surface area contributed by atoms with Gasteiger partial charge in [0, 0.05) is 19.1 Å². The van der Waals surface area contributed by atoms with E-state index in [1.807, 2.05) is 6.92 Å². The molecule has 0 aromatic heterocycles. The number of amides is 1. The van der Waals surface area contributed by atoms with E-state index in [1.165, 1.54) is 0 Å². The highest BCUT2D eigenvalue weighted by atomic mass is 16.5. The summed E-state index contributed by atoms with van der Waals surface area (Å²) in [6.45, 7) is 5.87. The number of hydrogen-bond donors (Lipinski definition) is 3. The number of hydrogen-bond acceptors (Lipinski definition) is 4. The summed E-state index contributed by atoms with van der Waals surface area (Å²) < 4.78 is 5.44. The summed E-state index contributed by atoms with van der Waals surface area (Å²) >= 11 is 0. The number of aliphatic hydroxyl groups excluding tert-OH is 1. The molecule has 0 aromatic carbocycles. The molecule has 3 unspecified atom stereocenters. The Morgan fingerprint density at radius 2 is 2.38 bits per heavy atom. The van der Waals surface area contributed by atoms with Crippen molar-refractivity contribution >= 4 is 5.91 Å². The van der Waals surface area contributed by atoms with E-state index in [-0.39, 0.29) is 24.2 Å². The smallest absolute Gasteiger partial charge is 0.222 e. The zero-order valence-electron chi connectivity index (χ0n) is 10.0. The molecule has 16 heavy (non-hydrogen) atoms. The lowest BCUT2D eigenvalue weighted by Crippen LogP contribution is -2.43. The standard InChI is InChI=1S/C11H22N2O3/c1-8(5-9(2)14)13-11(15)6-10-7-12-3-4-16-10/h8-10,12,14H,3-7H2,1-2H3,(H,13,15). The van der Waals surface area contributed by atoms with Gasteiger partial charge in [0.25, 0.3) is 0 Å². The van der Waals surface area contributed by atoms with Crippen LogP contribution in [-0.4, -0.2) is 49.0 Å². The van der Waals surface area contributed by atoms with Gasteiger partial charge in [-0.3, -0.25) is 4.79 Å². The quantitative estimate of drug-likeness (QED) is 0.603. The van der Waals surface area contributed by atoms with E-state index in [4.69, 9.17) is 4.74 Å². The van der Waals surface area contributed by atoms with Gasteiger partial charge in [-0.05, 0) is 20.3 Å². The first-order chi connectivity index (χ1) is 7.58. The van der Waals surface area contributed by atoms with Gasteiger partial charge in [-0.25, -0.2) is 0 Å². The van der Waals surface area contributed by atoms with E-state index in [9.17, 15) is 9.90 Å². The average Bonchev–Trinajstić information content (AvgIpc) is 2.17. The van der Waals surface area contributed by atoms with Crippen molar-refractivity contribution in [1.29, 1.82) is 0 Å². The minimum atomic E-state index is -0.386. The second-order valence-electron chi connectivity index (χ2n) is 4.45. The van der Waals surface area contributed by atoms with Crippen LogP contribution in [0.4, 0.5) is 0 Å². The molecule has 3 atom stereocenters. The van der Waals surface area contributed by atoms with Gasteiger partial charge < -0.3 is 20.5 Å². The van der Waals surface area contributed by atoms with Crippen LogP contribution in [0.5, 0.6) is 0 Å². The first-order valence-corrected chi connectivity index (χ1v) is 5.87. The number of carbonyl (C=O) groups is 1. The number of morpholine rings is 1. The molecule has 1 aliphatic rings. The van der Waals surface area contributed by atoms with Crippen LogP contribution < -0.4 is 10.6 Å². The van der Waals surface area contributed by atoms with Crippen LogP contribution >= 0.6 is 0 Å². The average molecular weight is 230 g/mol. The Hall–Kier alpha value is -0.650. The Labute approximate surface area is 96.6 Å². The van der Waals surface area contributed by atoms with Crippen LogP contribution in [0, 0.1) is 0 Å². The summed E-state index contributed by atoms with van der Waals surface area (Å²) in [6.07, 6.45) is 0.558. The second kappa shape index (κ2) is 6.83. The summed E-state index contributed by atoms with van der Waals surface area (Å²) in [5, 5.41) is 15.2. The molecule has 0 radical (unpaired) electrons. The van der Waals surface area contributed by atoms with Crippen LogP contribution in [-0.2, 0) is 9.53 Å². The molecule has 1 saturated heterocycles. The highest BCUT2D eigenvalue weighted by Gasteiger charge is 2.18. The van der Waals surface area contributed by atoms with Crippen molar-refractivity contribution in [3.8, 4) is 0 Å². The molecule has 0 aliphatic carbocycles. The number of nitrogens with one attached hydrogen (secondary N) is 2. The predicted octanol–water partition coefficient (Wildman–Crippen LogP) is -0.359. The van der Waals surface area contributed by atoms with Crippen LogP contribution in [0.15, 0.2) is 0 Å². The summed E-state index contributed by atoms with van der Waals surface area (Å²) in [5.74, 6) is -0.0122. The summed E-state index contributed by atoms with van der Waals surface area (Å²) in [7, 11) is 0. The van der Waals surface area contributed by atoms with Gasteiger partial charge in [0.1, 0.15) is 0 Å². The third kappa shape index (κ3) is 5.44. The second-order valence-corrected chi connectivity index (χ2v) is 4.45.